The molecule has 0 aromatic rings. The van der Waals surface area contributed by atoms with Crippen LogP contribution < -0.4 is 5.73 Å². The summed E-state index contributed by atoms with van der Waals surface area (Å²) in [6.07, 6.45) is 8.08. The maximum Gasteiger partial charge on any atom is 0.0247 e. The van der Waals surface area contributed by atoms with E-state index in [-0.39, 0.29) is 0 Å². The number of likely N-dealkylation sites (tertiary alicyclic amines) is 1. The van der Waals surface area contributed by atoms with Crippen molar-refractivity contribution in [1.82, 2.24) is 4.90 Å². The summed E-state index contributed by atoms with van der Waals surface area (Å²) in [6, 6.07) is 1.16. The van der Waals surface area contributed by atoms with Gasteiger partial charge in [0.1, 0.15) is 0 Å². The van der Waals surface area contributed by atoms with Crippen molar-refractivity contribution in [1.29, 1.82) is 0 Å². The highest BCUT2D eigenvalue weighted by Crippen LogP contribution is 2.28. The van der Waals surface area contributed by atoms with Crippen LogP contribution in [0.25, 0.3) is 0 Å². The van der Waals surface area contributed by atoms with Crippen molar-refractivity contribution in [3.63, 3.8) is 0 Å². The zero-order valence-electron chi connectivity index (χ0n) is 9.41. The highest BCUT2D eigenvalue weighted by atomic mass is 15.2. The Morgan fingerprint density at radius 3 is 2.57 bits per heavy atom. The van der Waals surface area contributed by atoms with E-state index in [1.54, 1.807) is 0 Å². The van der Waals surface area contributed by atoms with Gasteiger partial charge in [0.25, 0.3) is 0 Å². The minimum Gasteiger partial charge on any atom is -0.326 e. The van der Waals surface area contributed by atoms with Crippen LogP contribution in [0.3, 0.4) is 0 Å². The monoisotopic (exact) mass is 196 g/mol. The van der Waals surface area contributed by atoms with Crippen LogP contribution in [0.2, 0.25) is 0 Å². The summed E-state index contributed by atoms with van der Waals surface area (Å²) in [7, 11) is 0. The molecule has 2 rings (SSSR count). The van der Waals surface area contributed by atoms with E-state index in [1.165, 1.54) is 51.6 Å². The van der Waals surface area contributed by atoms with Crippen molar-refractivity contribution in [3.8, 4) is 0 Å². The molecule has 0 radical (unpaired) electrons. The molecule has 2 fully saturated rings. The van der Waals surface area contributed by atoms with E-state index >= 15 is 0 Å². The third-order valence-electron chi connectivity index (χ3n) is 4.06. The van der Waals surface area contributed by atoms with Gasteiger partial charge in [-0.1, -0.05) is 32.6 Å². The molecular formula is C12H24N2. The Labute approximate surface area is 87.8 Å². The van der Waals surface area contributed by atoms with E-state index in [0.717, 1.165) is 5.92 Å². The standard InChI is InChI=1S/C12H24N2/c1-2-10-8-14(9-10)12-7-5-3-4-6-11(12)13/h10-12H,2-9,13H2,1H3. The van der Waals surface area contributed by atoms with Crippen LogP contribution in [-0.4, -0.2) is 30.1 Å². The van der Waals surface area contributed by atoms with Gasteiger partial charge in [-0.05, 0) is 18.8 Å². The van der Waals surface area contributed by atoms with Gasteiger partial charge < -0.3 is 5.73 Å². The Balaban J connectivity index is 1.83. The highest BCUT2D eigenvalue weighted by Gasteiger charge is 2.34. The lowest BCUT2D eigenvalue weighted by atomic mass is 9.91. The van der Waals surface area contributed by atoms with Gasteiger partial charge in [-0.25, -0.2) is 0 Å². The first kappa shape index (κ1) is 10.4. The number of hydrogen-bond donors (Lipinski definition) is 1. The van der Waals surface area contributed by atoms with Gasteiger partial charge in [0.15, 0.2) is 0 Å². The van der Waals surface area contributed by atoms with Gasteiger partial charge in [0, 0.05) is 25.2 Å². The second kappa shape index (κ2) is 4.63. The van der Waals surface area contributed by atoms with Crippen molar-refractivity contribution in [2.45, 2.75) is 57.5 Å². The Morgan fingerprint density at radius 2 is 1.86 bits per heavy atom. The lowest BCUT2D eigenvalue weighted by Gasteiger charge is -2.46. The molecule has 1 heterocycles. The fraction of sp³-hybridized carbons (Fsp3) is 1.00. The molecule has 2 unspecified atom stereocenters. The Hall–Kier alpha value is -0.0800. The van der Waals surface area contributed by atoms with Gasteiger partial charge in [-0.15, -0.1) is 0 Å². The lowest BCUT2D eigenvalue weighted by molar-refractivity contribution is 0.0357. The zero-order valence-corrected chi connectivity index (χ0v) is 9.41. The molecule has 1 saturated carbocycles. The third kappa shape index (κ3) is 2.12. The van der Waals surface area contributed by atoms with E-state index in [2.05, 4.69) is 11.8 Å². The summed E-state index contributed by atoms with van der Waals surface area (Å²) >= 11 is 0. The Morgan fingerprint density at radius 1 is 1.14 bits per heavy atom. The molecule has 14 heavy (non-hydrogen) atoms. The van der Waals surface area contributed by atoms with Crippen molar-refractivity contribution >= 4 is 0 Å². The first-order chi connectivity index (χ1) is 6.81. The molecule has 2 aliphatic rings. The van der Waals surface area contributed by atoms with E-state index in [9.17, 15) is 0 Å². The Kier molecular flexibility index (Phi) is 3.45. The van der Waals surface area contributed by atoms with Crippen molar-refractivity contribution < 1.29 is 0 Å². The number of nitrogens with zero attached hydrogens (tertiary/aromatic N) is 1. The molecule has 2 nitrogen and oxygen atoms in total. The zero-order chi connectivity index (χ0) is 9.97. The summed E-state index contributed by atoms with van der Waals surface area (Å²) in [6.45, 7) is 4.93. The van der Waals surface area contributed by atoms with Crippen molar-refractivity contribution in [2.24, 2.45) is 11.7 Å². The molecule has 1 aliphatic carbocycles. The minimum absolute atomic E-state index is 0.454. The molecule has 0 bridgehead atoms. The van der Waals surface area contributed by atoms with E-state index < -0.39 is 0 Å². The topological polar surface area (TPSA) is 29.3 Å². The van der Waals surface area contributed by atoms with Gasteiger partial charge in [0.05, 0.1) is 0 Å². The normalized spacial score (nSPS) is 36.4. The maximum atomic E-state index is 6.23. The first-order valence-corrected chi connectivity index (χ1v) is 6.31. The second-order valence-corrected chi connectivity index (χ2v) is 5.10. The predicted octanol–water partition coefficient (Wildman–Crippen LogP) is 1.99. The quantitative estimate of drug-likeness (QED) is 0.684. The summed E-state index contributed by atoms with van der Waals surface area (Å²) < 4.78 is 0. The average Bonchev–Trinajstić information content (AvgIpc) is 2.30. The smallest absolute Gasteiger partial charge is 0.0247 e. The van der Waals surface area contributed by atoms with E-state index in [1.807, 2.05) is 0 Å². The molecular weight excluding hydrogens is 172 g/mol. The SMILES string of the molecule is CCC1CN(C2CCCCCC2N)C1. The number of rotatable bonds is 2. The number of hydrogen-bond acceptors (Lipinski definition) is 2. The summed E-state index contributed by atoms with van der Waals surface area (Å²) in [5.74, 6) is 0.963. The molecule has 0 spiro atoms. The summed E-state index contributed by atoms with van der Waals surface area (Å²) in [5, 5.41) is 0. The molecule has 2 atom stereocenters. The first-order valence-electron chi connectivity index (χ1n) is 6.31. The van der Waals surface area contributed by atoms with Gasteiger partial charge in [-0.2, -0.15) is 0 Å². The molecule has 1 aliphatic heterocycles. The molecule has 82 valence electrons. The minimum atomic E-state index is 0.454. The number of nitrogens with two attached hydrogens (primary N) is 1. The fourth-order valence-electron chi connectivity index (χ4n) is 2.91. The largest absolute Gasteiger partial charge is 0.326 e. The second-order valence-electron chi connectivity index (χ2n) is 5.10. The van der Waals surface area contributed by atoms with Gasteiger partial charge >= 0.3 is 0 Å². The molecule has 2 N–H and O–H groups in total. The van der Waals surface area contributed by atoms with Gasteiger partial charge in [0.2, 0.25) is 0 Å². The van der Waals surface area contributed by atoms with Crippen LogP contribution in [0.15, 0.2) is 0 Å². The maximum absolute atomic E-state index is 6.23. The Bertz CT molecular complexity index is 175. The van der Waals surface area contributed by atoms with Crippen LogP contribution in [-0.2, 0) is 0 Å². The lowest BCUT2D eigenvalue weighted by Crippen LogP contribution is -2.57. The van der Waals surface area contributed by atoms with Crippen molar-refractivity contribution in [3.05, 3.63) is 0 Å². The fourth-order valence-corrected chi connectivity index (χ4v) is 2.91. The highest BCUT2D eigenvalue weighted by molar-refractivity contribution is 4.91. The van der Waals surface area contributed by atoms with E-state index in [0.29, 0.717) is 12.1 Å². The van der Waals surface area contributed by atoms with Crippen LogP contribution in [0.1, 0.15) is 45.4 Å². The van der Waals surface area contributed by atoms with Crippen LogP contribution in [0.4, 0.5) is 0 Å². The van der Waals surface area contributed by atoms with Gasteiger partial charge in [-0.3, -0.25) is 4.90 Å². The molecule has 2 heteroatoms. The molecule has 0 aromatic carbocycles. The molecule has 0 aromatic heterocycles. The summed E-state index contributed by atoms with van der Waals surface area (Å²) in [5.41, 5.74) is 6.23. The van der Waals surface area contributed by atoms with Crippen LogP contribution in [0, 0.1) is 5.92 Å². The van der Waals surface area contributed by atoms with E-state index in [4.69, 9.17) is 5.73 Å². The van der Waals surface area contributed by atoms with Crippen molar-refractivity contribution in [2.75, 3.05) is 13.1 Å². The molecule has 0 amide bonds. The predicted molar refractivity (Wildman–Crippen MR) is 60.2 cm³/mol. The summed E-state index contributed by atoms with van der Waals surface area (Å²) in [4.78, 5) is 2.63. The third-order valence-corrected chi connectivity index (χ3v) is 4.06. The molecule has 1 saturated heterocycles. The average molecular weight is 196 g/mol. The van der Waals surface area contributed by atoms with Crippen LogP contribution >= 0.6 is 0 Å². The van der Waals surface area contributed by atoms with Crippen LogP contribution in [0.5, 0.6) is 0 Å².